The molecule has 0 radical (unpaired) electrons. The second-order valence-corrected chi connectivity index (χ2v) is 7.33. The molecule has 7 nitrogen and oxygen atoms in total. The van der Waals surface area contributed by atoms with Gasteiger partial charge in [-0.3, -0.25) is 4.90 Å². The number of hydrogen-bond acceptors (Lipinski definition) is 7. The molecule has 1 aromatic carbocycles. The van der Waals surface area contributed by atoms with Crippen molar-refractivity contribution in [2.24, 2.45) is 0 Å². The molecule has 0 amide bonds. The Morgan fingerprint density at radius 1 is 1.04 bits per heavy atom. The summed E-state index contributed by atoms with van der Waals surface area (Å²) >= 11 is 0. The molecule has 3 aromatic rings. The van der Waals surface area contributed by atoms with Gasteiger partial charge in [0.15, 0.2) is 0 Å². The zero-order valence-electron chi connectivity index (χ0n) is 15.9. The number of methoxy groups -OCH3 is 1. The van der Waals surface area contributed by atoms with Gasteiger partial charge in [0.2, 0.25) is 5.82 Å². The normalized spacial score (nSPS) is 19.6. The lowest BCUT2D eigenvalue weighted by molar-refractivity contribution is 0.230. The van der Waals surface area contributed by atoms with Crippen LogP contribution in [0.5, 0.6) is 5.75 Å². The van der Waals surface area contributed by atoms with Crippen molar-refractivity contribution in [3.05, 3.63) is 42.6 Å². The average Bonchev–Trinajstić information content (AvgIpc) is 3.43. The number of pyridine rings is 1. The van der Waals surface area contributed by atoms with Crippen molar-refractivity contribution >= 4 is 5.82 Å². The van der Waals surface area contributed by atoms with Gasteiger partial charge in [-0.25, -0.2) is 4.98 Å². The van der Waals surface area contributed by atoms with Crippen molar-refractivity contribution in [3.63, 3.8) is 0 Å². The standard InChI is InChI=1S/C21H23N5O2/c1-27-18-7-4-15(5-8-18)20-23-21(28-24-20)16-6-9-19(22-13-16)26-12-11-25-10-2-3-17(25)14-26/h4-9,13,17H,2-3,10-12,14H2,1H3. The summed E-state index contributed by atoms with van der Waals surface area (Å²) < 4.78 is 10.6. The molecule has 0 saturated carbocycles. The van der Waals surface area contributed by atoms with Crippen LogP contribution in [-0.2, 0) is 0 Å². The number of nitrogens with zero attached hydrogens (tertiary/aromatic N) is 5. The first kappa shape index (κ1) is 17.2. The molecule has 1 unspecified atom stereocenters. The number of anilines is 1. The van der Waals surface area contributed by atoms with E-state index in [9.17, 15) is 0 Å². The fraction of sp³-hybridized carbons (Fsp3) is 0.381. The van der Waals surface area contributed by atoms with Crippen LogP contribution in [0.2, 0.25) is 0 Å². The molecule has 1 atom stereocenters. The van der Waals surface area contributed by atoms with E-state index in [1.807, 2.05) is 36.5 Å². The Balaban J connectivity index is 1.31. The summed E-state index contributed by atoms with van der Waals surface area (Å²) in [6, 6.07) is 12.3. The molecule has 2 aromatic heterocycles. The van der Waals surface area contributed by atoms with E-state index in [1.165, 1.54) is 19.4 Å². The van der Waals surface area contributed by atoms with Crippen LogP contribution in [0, 0.1) is 0 Å². The van der Waals surface area contributed by atoms with Crippen LogP contribution >= 0.6 is 0 Å². The Morgan fingerprint density at radius 2 is 1.89 bits per heavy atom. The minimum atomic E-state index is 0.477. The predicted molar refractivity (Wildman–Crippen MR) is 106 cm³/mol. The van der Waals surface area contributed by atoms with Gasteiger partial charge < -0.3 is 14.2 Å². The van der Waals surface area contributed by atoms with Crippen molar-refractivity contribution in [1.82, 2.24) is 20.0 Å². The molecule has 2 aliphatic heterocycles. The maximum Gasteiger partial charge on any atom is 0.259 e. The minimum absolute atomic E-state index is 0.477. The van der Waals surface area contributed by atoms with Gasteiger partial charge >= 0.3 is 0 Å². The van der Waals surface area contributed by atoms with Crippen LogP contribution in [0.1, 0.15) is 12.8 Å². The Labute approximate surface area is 163 Å². The second-order valence-electron chi connectivity index (χ2n) is 7.33. The largest absolute Gasteiger partial charge is 0.497 e. The molecule has 4 heterocycles. The third-order valence-corrected chi connectivity index (χ3v) is 5.68. The highest BCUT2D eigenvalue weighted by Crippen LogP contribution is 2.27. The van der Waals surface area contributed by atoms with E-state index in [0.29, 0.717) is 17.8 Å². The smallest absolute Gasteiger partial charge is 0.259 e. The highest BCUT2D eigenvalue weighted by molar-refractivity contribution is 5.61. The zero-order valence-corrected chi connectivity index (χ0v) is 15.9. The average molecular weight is 377 g/mol. The third-order valence-electron chi connectivity index (χ3n) is 5.68. The molecule has 2 saturated heterocycles. The van der Waals surface area contributed by atoms with Crippen LogP contribution < -0.4 is 9.64 Å². The van der Waals surface area contributed by atoms with Gasteiger partial charge in [-0.2, -0.15) is 4.98 Å². The summed E-state index contributed by atoms with van der Waals surface area (Å²) in [5.74, 6) is 2.85. The van der Waals surface area contributed by atoms with E-state index < -0.39 is 0 Å². The lowest BCUT2D eigenvalue weighted by Gasteiger charge is -2.38. The molecule has 2 aliphatic rings. The molecule has 28 heavy (non-hydrogen) atoms. The molecule has 0 N–H and O–H groups in total. The summed E-state index contributed by atoms with van der Waals surface area (Å²) in [5.41, 5.74) is 1.71. The first-order valence-electron chi connectivity index (χ1n) is 9.74. The number of rotatable bonds is 4. The van der Waals surface area contributed by atoms with Gasteiger partial charge in [0, 0.05) is 37.4 Å². The monoisotopic (exact) mass is 377 g/mol. The molecule has 5 rings (SSSR count). The van der Waals surface area contributed by atoms with Crippen LogP contribution in [0.4, 0.5) is 5.82 Å². The highest BCUT2D eigenvalue weighted by atomic mass is 16.5. The minimum Gasteiger partial charge on any atom is -0.497 e. The summed E-state index contributed by atoms with van der Waals surface area (Å²) in [5, 5.41) is 4.10. The van der Waals surface area contributed by atoms with Crippen LogP contribution in [0.15, 0.2) is 47.1 Å². The second kappa shape index (κ2) is 7.24. The number of hydrogen-bond donors (Lipinski definition) is 0. The lowest BCUT2D eigenvalue weighted by Crippen LogP contribution is -2.50. The first-order valence-corrected chi connectivity index (χ1v) is 9.74. The van der Waals surface area contributed by atoms with Crippen molar-refractivity contribution in [2.45, 2.75) is 18.9 Å². The Morgan fingerprint density at radius 3 is 2.68 bits per heavy atom. The lowest BCUT2D eigenvalue weighted by atomic mass is 10.1. The van der Waals surface area contributed by atoms with E-state index in [4.69, 9.17) is 9.26 Å². The fourth-order valence-corrected chi connectivity index (χ4v) is 4.10. The Bertz CT molecular complexity index is 938. The molecular formula is C21H23N5O2. The maximum atomic E-state index is 5.45. The topological polar surface area (TPSA) is 67.5 Å². The Hall–Kier alpha value is -2.93. The van der Waals surface area contributed by atoms with E-state index in [-0.39, 0.29) is 0 Å². The maximum absolute atomic E-state index is 5.45. The van der Waals surface area contributed by atoms with Crippen molar-refractivity contribution in [3.8, 4) is 28.6 Å². The van der Waals surface area contributed by atoms with Gasteiger partial charge in [-0.05, 0) is 55.8 Å². The fourth-order valence-electron chi connectivity index (χ4n) is 4.10. The molecule has 0 spiro atoms. The summed E-state index contributed by atoms with van der Waals surface area (Å²) in [7, 11) is 1.64. The zero-order chi connectivity index (χ0) is 18.9. The van der Waals surface area contributed by atoms with E-state index >= 15 is 0 Å². The number of piperazine rings is 1. The molecule has 0 aliphatic carbocycles. The highest BCUT2D eigenvalue weighted by Gasteiger charge is 2.30. The number of benzene rings is 1. The van der Waals surface area contributed by atoms with Crippen LogP contribution in [0.3, 0.4) is 0 Å². The summed E-state index contributed by atoms with van der Waals surface area (Å²) in [6.07, 6.45) is 4.44. The molecule has 0 bridgehead atoms. The van der Waals surface area contributed by atoms with Crippen molar-refractivity contribution in [2.75, 3.05) is 38.2 Å². The number of ether oxygens (including phenoxy) is 1. The van der Waals surface area contributed by atoms with Gasteiger partial charge in [-0.1, -0.05) is 5.16 Å². The predicted octanol–water partition coefficient (Wildman–Crippen LogP) is 3.09. The molecular weight excluding hydrogens is 354 g/mol. The van der Waals surface area contributed by atoms with E-state index in [2.05, 4.69) is 31.0 Å². The SMILES string of the molecule is COc1ccc(-c2noc(-c3ccc(N4CCN5CCCC5C4)nc3)n2)cc1. The summed E-state index contributed by atoms with van der Waals surface area (Å²) in [6.45, 7) is 4.47. The van der Waals surface area contributed by atoms with Crippen LogP contribution in [-0.4, -0.2) is 59.4 Å². The van der Waals surface area contributed by atoms with Crippen molar-refractivity contribution < 1.29 is 9.26 Å². The van der Waals surface area contributed by atoms with Gasteiger partial charge in [0.1, 0.15) is 11.6 Å². The van der Waals surface area contributed by atoms with E-state index in [1.54, 1.807) is 7.11 Å². The quantitative estimate of drug-likeness (QED) is 0.692. The number of fused-ring (bicyclic) bond motifs is 1. The Kier molecular flexibility index (Phi) is 4.44. The molecule has 7 heteroatoms. The first-order chi connectivity index (χ1) is 13.8. The molecule has 144 valence electrons. The van der Waals surface area contributed by atoms with Gasteiger partial charge in [-0.15, -0.1) is 0 Å². The van der Waals surface area contributed by atoms with Crippen molar-refractivity contribution in [1.29, 1.82) is 0 Å². The molecule has 2 fully saturated rings. The van der Waals surface area contributed by atoms with E-state index in [0.717, 1.165) is 42.3 Å². The van der Waals surface area contributed by atoms with Gasteiger partial charge in [0.05, 0.1) is 12.7 Å². The van der Waals surface area contributed by atoms with Crippen LogP contribution in [0.25, 0.3) is 22.8 Å². The summed E-state index contributed by atoms with van der Waals surface area (Å²) in [4.78, 5) is 14.2. The third kappa shape index (κ3) is 3.22. The number of aromatic nitrogens is 3. The van der Waals surface area contributed by atoms with Gasteiger partial charge in [0.25, 0.3) is 5.89 Å².